The van der Waals surface area contributed by atoms with Crippen LogP contribution in [0, 0.1) is 0 Å². The highest BCUT2D eigenvalue weighted by Gasteiger charge is 2.44. The van der Waals surface area contributed by atoms with Gasteiger partial charge in [-0.25, -0.2) is 8.42 Å². The molecule has 0 saturated carbocycles. The average Bonchev–Trinajstić information content (AvgIpc) is 3.16. The molecule has 2 aliphatic rings. The largest absolute Gasteiger partial charge is 0.325 e. The van der Waals surface area contributed by atoms with E-state index in [0.717, 1.165) is 10.2 Å². The number of hydrogen-bond donors (Lipinski definition) is 1. The first-order valence-electron chi connectivity index (χ1n) is 8.72. The first kappa shape index (κ1) is 19.5. The fourth-order valence-corrected chi connectivity index (χ4v) is 7.27. The highest BCUT2D eigenvalue weighted by molar-refractivity contribution is 9.10. The maximum absolute atomic E-state index is 12.7. The van der Waals surface area contributed by atoms with Crippen molar-refractivity contribution in [1.82, 2.24) is 0 Å². The predicted molar refractivity (Wildman–Crippen MR) is 118 cm³/mol. The molecule has 2 aromatic carbocycles. The zero-order valence-corrected chi connectivity index (χ0v) is 18.0. The molecule has 0 spiro atoms. The van der Waals surface area contributed by atoms with Crippen molar-refractivity contribution in [3.8, 4) is 0 Å². The molecule has 1 N–H and O–H groups in total. The molecule has 4 rings (SSSR count). The summed E-state index contributed by atoms with van der Waals surface area (Å²) in [5.41, 5.74) is 1.56. The highest BCUT2D eigenvalue weighted by atomic mass is 79.9. The van der Waals surface area contributed by atoms with E-state index in [2.05, 4.69) is 26.2 Å². The van der Waals surface area contributed by atoms with Gasteiger partial charge in [0, 0.05) is 21.1 Å². The lowest BCUT2D eigenvalue weighted by atomic mass is 10.2. The highest BCUT2D eigenvalue weighted by Crippen LogP contribution is 2.36. The molecular formula is C19H18BrN3O3S2. The van der Waals surface area contributed by atoms with E-state index in [1.807, 2.05) is 59.5 Å². The molecule has 9 heteroatoms. The summed E-state index contributed by atoms with van der Waals surface area (Å²) in [7, 11) is -3.02. The van der Waals surface area contributed by atoms with Crippen LogP contribution in [0.3, 0.4) is 0 Å². The summed E-state index contributed by atoms with van der Waals surface area (Å²) in [5, 5.41) is 3.52. The zero-order chi connectivity index (χ0) is 19.7. The van der Waals surface area contributed by atoms with E-state index in [-0.39, 0.29) is 35.2 Å². The summed E-state index contributed by atoms with van der Waals surface area (Å²) in [5.74, 6) is 0.0597. The molecule has 2 atom stereocenters. The van der Waals surface area contributed by atoms with E-state index in [9.17, 15) is 13.2 Å². The fraction of sp³-hybridized carbons (Fsp3) is 0.263. The Morgan fingerprint density at radius 1 is 1.14 bits per heavy atom. The molecule has 0 bridgehead atoms. The van der Waals surface area contributed by atoms with E-state index in [1.54, 1.807) is 0 Å². The number of aliphatic imine (C=N–C) groups is 1. The van der Waals surface area contributed by atoms with Crippen molar-refractivity contribution in [2.24, 2.45) is 4.99 Å². The van der Waals surface area contributed by atoms with Crippen molar-refractivity contribution in [3.05, 3.63) is 59.1 Å². The minimum Gasteiger partial charge on any atom is -0.325 e. The number of hydrogen-bond acceptors (Lipinski definition) is 6. The van der Waals surface area contributed by atoms with Gasteiger partial charge in [0.2, 0.25) is 5.91 Å². The van der Waals surface area contributed by atoms with Crippen LogP contribution >= 0.6 is 27.7 Å². The number of fused-ring (bicyclic) bond motifs is 1. The third-order valence-corrected chi connectivity index (χ3v) is 8.31. The fourth-order valence-electron chi connectivity index (χ4n) is 3.23. The summed E-state index contributed by atoms with van der Waals surface area (Å²) in [6.45, 7) is 0.0953. The van der Waals surface area contributed by atoms with Crippen LogP contribution in [0.25, 0.3) is 0 Å². The first-order chi connectivity index (χ1) is 13.4. The molecule has 1 saturated heterocycles. The Labute approximate surface area is 176 Å². The van der Waals surface area contributed by atoms with Gasteiger partial charge in [-0.2, -0.15) is 0 Å². The SMILES string of the molecule is O=C(CN(C1=NC2CS(=O)(=O)CC2S1)c1ccccc1)Nc1ccc(Br)cc1. The molecule has 0 aromatic heterocycles. The molecule has 2 aromatic rings. The van der Waals surface area contributed by atoms with Crippen LogP contribution in [0.5, 0.6) is 0 Å². The van der Waals surface area contributed by atoms with E-state index < -0.39 is 9.84 Å². The number of amidine groups is 1. The molecule has 2 unspecified atom stereocenters. The number of halogens is 1. The Morgan fingerprint density at radius 2 is 1.86 bits per heavy atom. The Kier molecular flexibility index (Phi) is 5.48. The Morgan fingerprint density at radius 3 is 2.54 bits per heavy atom. The van der Waals surface area contributed by atoms with Gasteiger partial charge in [0.25, 0.3) is 0 Å². The van der Waals surface area contributed by atoms with Crippen LogP contribution in [-0.2, 0) is 14.6 Å². The third kappa shape index (κ3) is 4.42. The standard InChI is InChI=1S/C19H18BrN3O3S2/c20-13-6-8-14(9-7-13)21-18(24)10-23(15-4-2-1-3-5-15)19-22-16-11-28(25,26)12-17(16)27-19/h1-9,16-17H,10-12H2,(H,21,24). The van der Waals surface area contributed by atoms with Crippen LogP contribution in [0.4, 0.5) is 11.4 Å². The summed E-state index contributed by atoms with van der Waals surface area (Å²) >= 11 is 4.82. The van der Waals surface area contributed by atoms with Crippen molar-refractivity contribution in [2.45, 2.75) is 11.3 Å². The van der Waals surface area contributed by atoms with Gasteiger partial charge in [0.15, 0.2) is 15.0 Å². The molecule has 2 aliphatic heterocycles. The smallest absolute Gasteiger partial charge is 0.244 e. The van der Waals surface area contributed by atoms with Gasteiger partial charge in [-0.15, -0.1) is 0 Å². The molecule has 6 nitrogen and oxygen atoms in total. The van der Waals surface area contributed by atoms with Crippen LogP contribution in [0.1, 0.15) is 0 Å². The summed E-state index contributed by atoms with van der Waals surface area (Å²) < 4.78 is 24.6. The van der Waals surface area contributed by atoms with Crippen molar-refractivity contribution < 1.29 is 13.2 Å². The van der Waals surface area contributed by atoms with Gasteiger partial charge in [0.1, 0.15) is 6.54 Å². The van der Waals surface area contributed by atoms with E-state index in [4.69, 9.17) is 0 Å². The number of carbonyl (C=O) groups excluding carboxylic acids is 1. The Balaban J connectivity index is 1.54. The topological polar surface area (TPSA) is 78.8 Å². The monoisotopic (exact) mass is 479 g/mol. The summed E-state index contributed by atoms with van der Waals surface area (Å²) in [6.07, 6.45) is 0. The van der Waals surface area contributed by atoms with E-state index in [1.165, 1.54) is 11.8 Å². The lowest BCUT2D eigenvalue weighted by Gasteiger charge is -2.24. The summed E-state index contributed by atoms with van der Waals surface area (Å²) in [6, 6.07) is 16.7. The number of carbonyl (C=O) groups is 1. The molecule has 146 valence electrons. The van der Waals surface area contributed by atoms with Gasteiger partial charge >= 0.3 is 0 Å². The van der Waals surface area contributed by atoms with Gasteiger partial charge in [-0.05, 0) is 36.4 Å². The van der Waals surface area contributed by atoms with Crippen LogP contribution in [0.15, 0.2) is 64.1 Å². The number of rotatable bonds is 4. The van der Waals surface area contributed by atoms with Crippen molar-refractivity contribution in [1.29, 1.82) is 0 Å². The second kappa shape index (κ2) is 7.88. The van der Waals surface area contributed by atoms with Gasteiger partial charge in [0.05, 0.1) is 17.5 Å². The number of para-hydroxylation sites is 1. The Bertz CT molecular complexity index is 1010. The molecule has 2 heterocycles. The van der Waals surface area contributed by atoms with Crippen LogP contribution < -0.4 is 10.2 Å². The zero-order valence-electron chi connectivity index (χ0n) is 14.8. The van der Waals surface area contributed by atoms with E-state index in [0.29, 0.717) is 10.9 Å². The van der Waals surface area contributed by atoms with Crippen molar-refractivity contribution in [2.75, 3.05) is 28.3 Å². The third-order valence-electron chi connectivity index (χ3n) is 4.53. The van der Waals surface area contributed by atoms with Gasteiger partial charge in [-0.3, -0.25) is 9.79 Å². The molecule has 28 heavy (non-hydrogen) atoms. The second-order valence-corrected chi connectivity index (χ2v) is 11.0. The number of anilines is 2. The molecule has 0 aliphatic carbocycles. The Hall–Kier alpha value is -1.84. The minimum absolute atomic E-state index is 0.0688. The van der Waals surface area contributed by atoms with E-state index >= 15 is 0 Å². The van der Waals surface area contributed by atoms with Crippen LogP contribution in [-0.4, -0.2) is 48.8 Å². The molecule has 0 radical (unpaired) electrons. The predicted octanol–water partition coefficient (Wildman–Crippen LogP) is 3.16. The molecule has 1 amide bonds. The van der Waals surface area contributed by atoms with Crippen LogP contribution in [0.2, 0.25) is 0 Å². The number of nitrogens with zero attached hydrogens (tertiary/aromatic N) is 2. The number of benzene rings is 2. The number of thioether (sulfide) groups is 1. The quantitative estimate of drug-likeness (QED) is 0.728. The molecular weight excluding hydrogens is 462 g/mol. The second-order valence-electron chi connectivity index (χ2n) is 6.69. The summed E-state index contributed by atoms with van der Waals surface area (Å²) in [4.78, 5) is 19.1. The maximum Gasteiger partial charge on any atom is 0.244 e. The first-order valence-corrected chi connectivity index (χ1v) is 12.2. The van der Waals surface area contributed by atoms with Gasteiger partial charge in [-0.1, -0.05) is 45.9 Å². The normalized spacial score (nSPS) is 22.4. The maximum atomic E-state index is 12.7. The number of nitrogens with one attached hydrogen (secondary N) is 1. The van der Waals surface area contributed by atoms with Crippen molar-refractivity contribution >= 4 is 60.0 Å². The molecule has 1 fully saturated rings. The number of amides is 1. The average molecular weight is 480 g/mol. The minimum atomic E-state index is -3.02. The van der Waals surface area contributed by atoms with Crippen molar-refractivity contribution in [3.63, 3.8) is 0 Å². The lowest BCUT2D eigenvalue weighted by molar-refractivity contribution is -0.114. The van der Waals surface area contributed by atoms with Gasteiger partial charge < -0.3 is 10.2 Å². The lowest BCUT2D eigenvalue weighted by Crippen LogP contribution is -2.36. The number of sulfone groups is 1.